The molecule has 2 heterocycles. The van der Waals surface area contributed by atoms with Gasteiger partial charge in [-0.25, -0.2) is 0 Å². The molecule has 8 heteroatoms. The van der Waals surface area contributed by atoms with Crippen LogP contribution in [0.4, 0.5) is 5.69 Å². The van der Waals surface area contributed by atoms with Gasteiger partial charge in [0, 0.05) is 46.4 Å². The van der Waals surface area contributed by atoms with Crippen LogP contribution >= 0.6 is 0 Å². The van der Waals surface area contributed by atoms with Crippen LogP contribution in [0.2, 0.25) is 0 Å². The zero-order chi connectivity index (χ0) is 27.0. The van der Waals surface area contributed by atoms with E-state index in [1.54, 1.807) is 21.3 Å². The smallest absolute Gasteiger partial charge is 0.142 e. The Hall–Kier alpha value is -2.36. The quantitative estimate of drug-likeness (QED) is 0.391. The molecule has 3 atom stereocenters. The molecule has 2 aliphatic rings. The predicted molar refractivity (Wildman–Crippen MR) is 149 cm³/mol. The third-order valence-corrected chi connectivity index (χ3v) is 7.41. The number of ether oxygens (including phenoxy) is 6. The van der Waals surface area contributed by atoms with Crippen molar-refractivity contribution in [2.45, 2.75) is 50.6 Å². The van der Waals surface area contributed by atoms with Gasteiger partial charge < -0.3 is 38.6 Å². The number of rotatable bonds is 13. The maximum Gasteiger partial charge on any atom is 0.142 e. The van der Waals surface area contributed by atoms with Gasteiger partial charge >= 0.3 is 0 Å². The number of fused-ring (bicyclic) bond motifs is 1. The first-order valence-corrected chi connectivity index (χ1v) is 13.6. The van der Waals surface area contributed by atoms with Crippen LogP contribution in [0.5, 0.6) is 11.5 Å². The average Bonchev–Trinajstić information content (AvgIpc) is 2.95. The van der Waals surface area contributed by atoms with Gasteiger partial charge in [-0.1, -0.05) is 18.2 Å². The molecule has 2 aromatic carbocycles. The second-order valence-electron chi connectivity index (χ2n) is 10.6. The molecule has 210 valence electrons. The Morgan fingerprint density at radius 2 is 1.76 bits per heavy atom. The Labute approximate surface area is 227 Å². The summed E-state index contributed by atoms with van der Waals surface area (Å²) in [5, 5.41) is 3.53. The highest BCUT2D eigenvalue weighted by atomic mass is 16.5. The largest absolute Gasteiger partial charge is 0.497 e. The first kappa shape index (κ1) is 28.6. The van der Waals surface area contributed by atoms with Crippen LogP contribution in [0.3, 0.4) is 0 Å². The molecule has 1 unspecified atom stereocenters. The summed E-state index contributed by atoms with van der Waals surface area (Å²) in [6.07, 6.45) is 0.873. The van der Waals surface area contributed by atoms with Crippen LogP contribution in [0.15, 0.2) is 42.5 Å². The fourth-order valence-corrected chi connectivity index (χ4v) is 5.05. The number of methoxy groups -OCH3 is 3. The molecule has 8 nitrogen and oxygen atoms in total. The molecule has 38 heavy (non-hydrogen) atoms. The molecule has 2 aromatic rings. The van der Waals surface area contributed by atoms with E-state index in [4.69, 9.17) is 28.4 Å². The highest BCUT2D eigenvalue weighted by molar-refractivity contribution is 5.61. The summed E-state index contributed by atoms with van der Waals surface area (Å²) >= 11 is 0. The summed E-state index contributed by atoms with van der Waals surface area (Å²) in [7, 11) is 5.15. The van der Waals surface area contributed by atoms with Gasteiger partial charge in [0.2, 0.25) is 0 Å². The fraction of sp³-hybridized carbons (Fsp3) is 0.600. The van der Waals surface area contributed by atoms with Crippen molar-refractivity contribution in [3.05, 3.63) is 53.6 Å². The first-order valence-electron chi connectivity index (χ1n) is 13.6. The van der Waals surface area contributed by atoms with Crippen molar-refractivity contribution >= 4 is 5.69 Å². The molecule has 1 fully saturated rings. The molecule has 4 rings (SSSR count). The normalized spacial score (nSPS) is 21.6. The van der Waals surface area contributed by atoms with E-state index in [1.807, 2.05) is 26.0 Å². The Bertz CT molecular complexity index is 999. The highest BCUT2D eigenvalue weighted by Crippen LogP contribution is 2.35. The summed E-state index contributed by atoms with van der Waals surface area (Å²) in [5.74, 6) is 1.84. The lowest BCUT2D eigenvalue weighted by Gasteiger charge is -2.40. The molecule has 0 bridgehead atoms. The third-order valence-electron chi connectivity index (χ3n) is 7.41. The van der Waals surface area contributed by atoms with Crippen molar-refractivity contribution in [2.24, 2.45) is 0 Å². The summed E-state index contributed by atoms with van der Waals surface area (Å²) < 4.78 is 35.2. The summed E-state index contributed by atoms with van der Waals surface area (Å²) in [5.41, 5.74) is 3.08. The topological polar surface area (TPSA) is 70.7 Å². The van der Waals surface area contributed by atoms with Gasteiger partial charge in [0.25, 0.3) is 0 Å². The number of hydrogen-bond acceptors (Lipinski definition) is 8. The number of anilines is 1. The minimum absolute atomic E-state index is 0.0511. The standard InChI is InChI=1S/C30H44N2O6/c1-30(2,35-5)21-38-28-19-31-18-27(29(28)23-8-10-24(34-4)11-9-23)37-20-22-7-12-26-25(17-22)32(14-16-36-26)13-6-15-33-3/h7-12,17,27-29,31H,6,13-16,18-21H2,1-5H3/t27-,28+,29?/m0/s1. The number of hydrogen-bond donors (Lipinski definition) is 1. The van der Waals surface area contributed by atoms with Gasteiger partial charge in [-0.15, -0.1) is 0 Å². The summed E-state index contributed by atoms with van der Waals surface area (Å²) in [6, 6.07) is 14.6. The highest BCUT2D eigenvalue weighted by Gasteiger charge is 2.37. The van der Waals surface area contributed by atoms with Crippen LogP contribution in [-0.4, -0.2) is 85.1 Å². The number of nitrogens with one attached hydrogen (secondary N) is 1. The number of nitrogens with zero attached hydrogens (tertiary/aromatic N) is 1. The van der Waals surface area contributed by atoms with Crippen LogP contribution in [0, 0.1) is 0 Å². The molecule has 1 N–H and O–H groups in total. The maximum absolute atomic E-state index is 6.62. The van der Waals surface area contributed by atoms with Crippen molar-refractivity contribution in [3.63, 3.8) is 0 Å². The van der Waals surface area contributed by atoms with Gasteiger partial charge in [-0.05, 0) is 55.7 Å². The Balaban J connectivity index is 1.49. The second kappa shape index (κ2) is 13.6. The van der Waals surface area contributed by atoms with E-state index in [1.165, 1.54) is 5.56 Å². The molecular formula is C30H44N2O6. The lowest BCUT2D eigenvalue weighted by Crippen LogP contribution is -2.51. The minimum Gasteiger partial charge on any atom is -0.497 e. The van der Waals surface area contributed by atoms with Crippen molar-refractivity contribution < 1.29 is 28.4 Å². The second-order valence-corrected chi connectivity index (χ2v) is 10.6. The lowest BCUT2D eigenvalue weighted by atomic mass is 9.85. The van der Waals surface area contributed by atoms with Crippen LogP contribution < -0.4 is 19.7 Å². The van der Waals surface area contributed by atoms with Gasteiger partial charge in [-0.2, -0.15) is 0 Å². The SMILES string of the molecule is COCCCN1CCOc2ccc(CO[C@H]3CNC[C@@H](OCC(C)(C)OC)C3c3ccc(OC)cc3)cc21. The van der Waals surface area contributed by atoms with Gasteiger partial charge in [0.05, 0.1) is 50.4 Å². The lowest BCUT2D eigenvalue weighted by molar-refractivity contribution is -0.107. The molecule has 0 radical (unpaired) electrons. The molecule has 0 aromatic heterocycles. The minimum atomic E-state index is -0.363. The zero-order valence-electron chi connectivity index (χ0n) is 23.5. The molecule has 1 saturated heterocycles. The van der Waals surface area contributed by atoms with Crippen molar-refractivity contribution in [3.8, 4) is 11.5 Å². The van der Waals surface area contributed by atoms with Gasteiger partial charge in [0.15, 0.2) is 0 Å². The third kappa shape index (κ3) is 7.39. The Kier molecular flexibility index (Phi) is 10.3. The molecule has 0 spiro atoms. The molecule has 2 aliphatic heterocycles. The zero-order valence-corrected chi connectivity index (χ0v) is 23.5. The average molecular weight is 529 g/mol. The van der Waals surface area contributed by atoms with Crippen LogP contribution in [0.25, 0.3) is 0 Å². The molecule has 0 aliphatic carbocycles. The van der Waals surface area contributed by atoms with E-state index in [0.717, 1.165) is 62.0 Å². The molecular weight excluding hydrogens is 484 g/mol. The van der Waals surface area contributed by atoms with Crippen LogP contribution in [0.1, 0.15) is 37.3 Å². The van der Waals surface area contributed by atoms with E-state index >= 15 is 0 Å². The fourth-order valence-electron chi connectivity index (χ4n) is 5.05. The van der Waals surface area contributed by atoms with Crippen molar-refractivity contribution in [1.82, 2.24) is 5.32 Å². The van der Waals surface area contributed by atoms with E-state index in [2.05, 4.69) is 40.5 Å². The van der Waals surface area contributed by atoms with E-state index in [0.29, 0.717) is 19.8 Å². The van der Waals surface area contributed by atoms with E-state index in [-0.39, 0.29) is 23.7 Å². The summed E-state index contributed by atoms with van der Waals surface area (Å²) in [6.45, 7) is 9.87. The first-order chi connectivity index (χ1) is 18.4. The van der Waals surface area contributed by atoms with Gasteiger partial charge in [-0.3, -0.25) is 0 Å². The Morgan fingerprint density at radius 3 is 2.47 bits per heavy atom. The van der Waals surface area contributed by atoms with E-state index < -0.39 is 0 Å². The number of benzene rings is 2. The van der Waals surface area contributed by atoms with Crippen molar-refractivity contribution in [2.75, 3.05) is 72.2 Å². The molecule has 0 saturated carbocycles. The van der Waals surface area contributed by atoms with Crippen molar-refractivity contribution in [1.29, 1.82) is 0 Å². The predicted octanol–water partition coefficient (Wildman–Crippen LogP) is 4.01. The molecule has 0 amide bonds. The number of piperidine rings is 1. The van der Waals surface area contributed by atoms with Crippen LogP contribution in [-0.2, 0) is 25.6 Å². The van der Waals surface area contributed by atoms with E-state index in [9.17, 15) is 0 Å². The monoisotopic (exact) mass is 528 g/mol. The summed E-state index contributed by atoms with van der Waals surface area (Å²) in [4.78, 5) is 2.38. The maximum atomic E-state index is 6.62. The van der Waals surface area contributed by atoms with Gasteiger partial charge in [0.1, 0.15) is 18.1 Å². The Morgan fingerprint density at radius 1 is 1.00 bits per heavy atom.